The molecule has 0 saturated carbocycles. The molecule has 2 aromatic heterocycles. The molecule has 4 rings (SSSR count). The summed E-state index contributed by atoms with van der Waals surface area (Å²) in [6.45, 7) is 0.354. The molecule has 0 radical (unpaired) electrons. The van der Waals surface area contributed by atoms with E-state index in [2.05, 4.69) is 15.4 Å². The maximum absolute atomic E-state index is 13.6. The molecule has 31 heavy (non-hydrogen) atoms. The molecule has 0 bridgehead atoms. The molecule has 0 atom stereocenters. The Morgan fingerprint density at radius 3 is 2.35 bits per heavy atom. The minimum absolute atomic E-state index is 0.158. The van der Waals surface area contributed by atoms with Gasteiger partial charge in [0, 0.05) is 30.1 Å². The second-order valence-electron chi connectivity index (χ2n) is 6.78. The van der Waals surface area contributed by atoms with E-state index < -0.39 is 11.9 Å². The van der Waals surface area contributed by atoms with E-state index in [1.165, 1.54) is 36.7 Å². The molecule has 0 unspecified atom stereocenters. The average molecular weight is 422 g/mol. The minimum Gasteiger partial charge on any atom is -0.348 e. The van der Waals surface area contributed by atoms with Crippen LogP contribution in [0.1, 0.15) is 21.6 Å². The quantitative estimate of drug-likeness (QED) is 0.499. The second-order valence-corrected chi connectivity index (χ2v) is 6.78. The number of nitrogens with zero attached hydrogens (tertiary/aromatic N) is 3. The molecule has 0 fully saturated rings. The molecule has 0 aliphatic carbocycles. The van der Waals surface area contributed by atoms with Crippen molar-refractivity contribution >= 4 is 5.91 Å². The summed E-state index contributed by atoms with van der Waals surface area (Å²) in [5.74, 6) is -0.317. The first-order valence-electron chi connectivity index (χ1n) is 9.42. The van der Waals surface area contributed by atoms with Crippen molar-refractivity contribution in [1.29, 1.82) is 0 Å². The molecule has 156 valence electrons. The molecule has 5 nitrogen and oxygen atoms in total. The zero-order valence-electron chi connectivity index (χ0n) is 16.2. The molecule has 0 aliphatic heterocycles. The highest BCUT2D eigenvalue weighted by Gasteiger charge is 2.36. The fraction of sp³-hybridized carbons (Fsp3) is 0.0870. The lowest BCUT2D eigenvalue weighted by atomic mass is 10.1. The molecule has 1 N–H and O–H groups in total. The lowest BCUT2D eigenvalue weighted by Crippen LogP contribution is -2.22. The summed E-state index contributed by atoms with van der Waals surface area (Å²) in [4.78, 5) is 16.3. The number of carbonyl (C=O) groups is 1. The third-order valence-electron chi connectivity index (χ3n) is 4.63. The third-order valence-corrected chi connectivity index (χ3v) is 4.63. The van der Waals surface area contributed by atoms with Crippen LogP contribution in [0, 0.1) is 0 Å². The normalized spacial score (nSPS) is 11.3. The highest BCUT2D eigenvalue weighted by atomic mass is 19.4. The smallest absolute Gasteiger partial charge is 0.348 e. The number of benzene rings is 2. The van der Waals surface area contributed by atoms with Crippen molar-refractivity contribution in [3.05, 3.63) is 102 Å². The van der Waals surface area contributed by atoms with Gasteiger partial charge in [0.15, 0.2) is 0 Å². The lowest BCUT2D eigenvalue weighted by molar-refractivity contribution is -0.142. The van der Waals surface area contributed by atoms with Gasteiger partial charge in [-0.2, -0.15) is 18.3 Å². The number of alkyl halides is 3. The van der Waals surface area contributed by atoms with Gasteiger partial charge in [-0.05, 0) is 48.0 Å². The predicted molar refractivity (Wildman–Crippen MR) is 109 cm³/mol. The van der Waals surface area contributed by atoms with Crippen molar-refractivity contribution in [2.45, 2.75) is 12.7 Å². The monoisotopic (exact) mass is 422 g/mol. The first kappa shape index (κ1) is 20.3. The largest absolute Gasteiger partial charge is 0.433 e. The zero-order chi connectivity index (χ0) is 21.8. The van der Waals surface area contributed by atoms with Gasteiger partial charge < -0.3 is 5.32 Å². The minimum atomic E-state index is -4.60. The van der Waals surface area contributed by atoms with Gasteiger partial charge in [0.2, 0.25) is 0 Å². The van der Waals surface area contributed by atoms with E-state index in [1.807, 2.05) is 30.3 Å². The van der Waals surface area contributed by atoms with Crippen LogP contribution in [0.3, 0.4) is 0 Å². The maximum atomic E-state index is 13.6. The summed E-state index contributed by atoms with van der Waals surface area (Å²) < 4.78 is 41.6. The van der Waals surface area contributed by atoms with Gasteiger partial charge >= 0.3 is 6.18 Å². The molecule has 8 heteroatoms. The number of amides is 1. The van der Waals surface area contributed by atoms with Crippen molar-refractivity contribution in [1.82, 2.24) is 20.1 Å². The van der Waals surface area contributed by atoms with Gasteiger partial charge in [0.05, 0.1) is 11.4 Å². The van der Waals surface area contributed by atoms with Crippen LogP contribution in [-0.2, 0) is 12.7 Å². The number of aromatic nitrogens is 3. The Hall–Kier alpha value is -3.94. The number of pyridine rings is 1. The van der Waals surface area contributed by atoms with Crippen LogP contribution < -0.4 is 5.32 Å². The van der Waals surface area contributed by atoms with Crippen molar-refractivity contribution in [2.24, 2.45) is 0 Å². The van der Waals surface area contributed by atoms with Crippen molar-refractivity contribution in [2.75, 3.05) is 0 Å². The summed E-state index contributed by atoms with van der Waals surface area (Å²) in [7, 11) is 0. The first-order valence-corrected chi connectivity index (χ1v) is 9.42. The van der Waals surface area contributed by atoms with Crippen LogP contribution in [0.15, 0.2) is 85.2 Å². The van der Waals surface area contributed by atoms with E-state index >= 15 is 0 Å². The summed E-state index contributed by atoms with van der Waals surface area (Å²) >= 11 is 0. The molecule has 0 aliphatic rings. The zero-order valence-corrected chi connectivity index (χ0v) is 16.2. The van der Waals surface area contributed by atoms with Crippen molar-refractivity contribution < 1.29 is 18.0 Å². The number of hydrogen-bond acceptors (Lipinski definition) is 3. The molecule has 0 spiro atoms. The van der Waals surface area contributed by atoms with Crippen LogP contribution >= 0.6 is 0 Å². The van der Waals surface area contributed by atoms with E-state index in [4.69, 9.17) is 0 Å². The molecule has 1 amide bonds. The predicted octanol–water partition coefficient (Wildman–Crippen LogP) is 4.88. The third kappa shape index (κ3) is 4.63. The van der Waals surface area contributed by atoms with E-state index in [0.717, 1.165) is 16.3 Å². The fourth-order valence-electron chi connectivity index (χ4n) is 3.07. The van der Waals surface area contributed by atoms with E-state index in [0.29, 0.717) is 17.7 Å². The highest BCUT2D eigenvalue weighted by molar-refractivity contribution is 5.94. The summed E-state index contributed by atoms with van der Waals surface area (Å²) in [6, 6.07) is 19.5. The van der Waals surface area contributed by atoms with E-state index in [9.17, 15) is 18.0 Å². The van der Waals surface area contributed by atoms with Crippen LogP contribution in [0.5, 0.6) is 0 Å². The Morgan fingerprint density at radius 1 is 0.968 bits per heavy atom. The van der Waals surface area contributed by atoms with E-state index in [1.54, 1.807) is 12.1 Å². The van der Waals surface area contributed by atoms with Crippen molar-refractivity contribution in [3.63, 3.8) is 0 Å². The van der Waals surface area contributed by atoms with Crippen molar-refractivity contribution in [3.8, 4) is 16.9 Å². The van der Waals surface area contributed by atoms with Gasteiger partial charge in [-0.3, -0.25) is 9.78 Å². The summed E-state index contributed by atoms with van der Waals surface area (Å²) in [5.41, 5.74) is 1.21. The molecule has 4 aromatic rings. The summed E-state index contributed by atoms with van der Waals surface area (Å²) in [6.07, 6.45) is -1.61. The number of rotatable bonds is 5. The Morgan fingerprint density at radius 2 is 1.71 bits per heavy atom. The second kappa shape index (κ2) is 8.43. The van der Waals surface area contributed by atoms with Gasteiger partial charge in [0.25, 0.3) is 5.91 Å². The summed E-state index contributed by atoms with van der Waals surface area (Å²) in [5, 5.41) is 6.91. The Balaban J connectivity index is 1.58. The van der Waals surface area contributed by atoms with Crippen LogP contribution in [0.2, 0.25) is 0 Å². The lowest BCUT2D eigenvalue weighted by Gasteiger charge is -2.11. The topological polar surface area (TPSA) is 59.8 Å². The van der Waals surface area contributed by atoms with Gasteiger partial charge in [-0.1, -0.05) is 30.3 Å². The Kier molecular flexibility index (Phi) is 5.53. The Bertz CT molecular complexity index is 1170. The van der Waals surface area contributed by atoms with Crippen LogP contribution in [-0.4, -0.2) is 20.7 Å². The first-order chi connectivity index (χ1) is 14.9. The van der Waals surface area contributed by atoms with Crippen LogP contribution in [0.25, 0.3) is 16.9 Å². The number of halogens is 3. The van der Waals surface area contributed by atoms with Gasteiger partial charge in [-0.25, -0.2) is 4.68 Å². The average Bonchev–Trinajstić information content (AvgIpc) is 3.25. The van der Waals surface area contributed by atoms with Crippen LogP contribution in [0.4, 0.5) is 13.2 Å². The fourth-order valence-corrected chi connectivity index (χ4v) is 3.07. The van der Waals surface area contributed by atoms with E-state index in [-0.39, 0.29) is 17.3 Å². The maximum Gasteiger partial charge on any atom is 0.433 e. The molecular weight excluding hydrogens is 405 g/mol. The number of carbonyl (C=O) groups excluding carboxylic acids is 1. The highest BCUT2D eigenvalue weighted by Crippen LogP contribution is 2.34. The number of nitrogens with one attached hydrogen (secondary N) is 1. The molecular formula is C23H17F3N4O. The Labute approximate surface area is 176 Å². The molecule has 2 heterocycles. The number of hydrogen-bond donors (Lipinski definition) is 1. The molecule has 2 aromatic carbocycles. The molecule has 0 saturated heterocycles. The standard InChI is InChI=1S/C23H17F3N4O/c24-23(25,26)21-13-20(18-7-4-12-27-15-18)29-30(21)19-10-8-17(9-11-19)22(31)28-14-16-5-2-1-3-6-16/h1-13,15H,14H2,(H,28,31). The van der Waals surface area contributed by atoms with Gasteiger partial charge in [0.1, 0.15) is 5.69 Å². The SMILES string of the molecule is O=C(NCc1ccccc1)c1ccc(-n2nc(-c3cccnc3)cc2C(F)(F)F)cc1. The van der Waals surface area contributed by atoms with Gasteiger partial charge in [-0.15, -0.1) is 0 Å².